The molecule has 3 fully saturated rings. The molecule has 2 aliphatic heterocycles. The molecule has 4 aromatic rings. The summed E-state index contributed by atoms with van der Waals surface area (Å²) in [5.41, 5.74) is 7.97. The number of carbonyl (C=O) groups excluding carboxylic acids is 1. The topological polar surface area (TPSA) is 82.4 Å². The SMILES string of the molecule is Cc1cc(-c2[nH]c3ccc(C4CCN(C(=O)CCN5CCC6CC65)CC4)cc3c2C(C)C)cn2nnnc12. The molecule has 5 heterocycles. The molecule has 1 saturated carbocycles. The third kappa shape index (κ3) is 4.10. The number of hydrogen-bond donors (Lipinski definition) is 1. The number of amides is 1. The van der Waals surface area contributed by atoms with E-state index in [1.54, 1.807) is 4.52 Å². The lowest BCUT2D eigenvalue weighted by molar-refractivity contribution is -0.132. The van der Waals surface area contributed by atoms with Gasteiger partial charge in [0.25, 0.3) is 0 Å². The average molecular weight is 512 g/mol. The van der Waals surface area contributed by atoms with Crippen LogP contribution in [0, 0.1) is 12.8 Å². The molecule has 38 heavy (non-hydrogen) atoms. The van der Waals surface area contributed by atoms with E-state index < -0.39 is 0 Å². The molecule has 198 valence electrons. The number of piperidine rings is 2. The molecule has 3 aliphatic rings. The molecule has 7 rings (SSSR count). The number of likely N-dealkylation sites (tertiary alicyclic amines) is 2. The average Bonchev–Trinajstić information content (AvgIpc) is 3.24. The summed E-state index contributed by atoms with van der Waals surface area (Å²) >= 11 is 0. The standard InChI is InChI=1S/C30H37N7O/c1-18(2)28-24-15-21(4-5-25(24)31-29(28)23-14-19(3)30-32-33-34-37(30)17-23)20-6-11-36(12-7-20)27(38)9-13-35-10-8-22-16-26(22)35/h4-5,14-15,17-18,20,22,26,31H,6-13,16H2,1-3H3. The maximum Gasteiger partial charge on any atom is 0.223 e. The lowest BCUT2D eigenvalue weighted by atomic mass is 9.87. The number of rotatable bonds is 6. The summed E-state index contributed by atoms with van der Waals surface area (Å²) in [5, 5.41) is 13.4. The Hall–Kier alpha value is -3.26. The third-order valence-corrected chi connectivity index (χ3v) is 9.28. The van der Waals surface area contributed by atoms with Crippen molar-refractivity contribution < 1.29 is 4.79 Å². The first-order valence-corrected chi connectivity index (χ1v) is 14.3. The molecule has 2 atom stereocenters. The van der Waals surface area contributed by atoms with Gasteiger partial charge >= 0.3 is 0 Å². The minimum atomic E-state index is 0.343. The van der Waals surface area contributed by atoms with Crippen molar-refractivity contribution in [3.63, 3.8) is 0 Å². The molecule has 2 saturated heterocycles. The van der Waals surface area contributed by atoms with Gasteiger partial charge in [-0.25, -0.2) is 0 Å². The molecule has 2 unspecified atom stereocenters. The van der Waals surface area contributed by atoms with Gasteiger partial charge in [0.1, 0.15) is 0 Å². The number of nitrogens with one attached hydrogen (secondary N) is 1. The summed E-state index contributed by atoms with van der Waals surface area (Å²) in [6.45, 7) is 10.5. The van der Waals surface area contributed by atoms with Crippen LogP contribution in [0.4, 0.5) is 0 Å². The van der Waals surface area contributed by atoms with Crippen molar-refractivity contribution in [3.8, 4) is 11.3 Å². The monoisotopic (exact) mass is 511 g/mol. The van der Waals surface area contributed by atoms with Crippen LogP contribution in [-0.2, 0) is 4.79 Å². The van der Waals surface area contributed by atoms with Crippen molar-refractivity contribution in [3.05, 3.63) is 47.2 Å². The zero-order chi connectivity index (χ0) is 26.0. The van der Waals surface area contributed by atoms with Gasteiger partial charge in [-0.2, -0.15) is 4.52 Å². The third-order valence-electron chi connectivity index (χ3n) is 9.28. The van der Waals surface area contributed by atoms with E-state index in [1.165, 1.54) is 35.9 Å². The van der Waals surface area contributed by atoms with Crippen LogP contribution in [-0.4, -0.2) is 73.0 Å². The predicted molar refractivity (Wildman–Crippen MR) is 148 cm³/mol. The Morgan fingerprint density at radius 1 is 1.13 bits per heavy atom. The summed E-state index contributed by atoms with van der Waals surface area (Å²) in [7, 11) is 0. The molecule has 1 N–H and O–H groups in total. The van der Waals surface area contributed by atoms with E-state index in [1.807, 2.05) is 6.20 Å². The van der Waals surface area contributed by atoms with Crippen LogP contribution < -0.4 is 0 Å². The molecule has 0 bridgehead atoms. The van der Waals surface area contributed by atoms with Crippen molar-refractivity contribution >= 4 is 22.5 Å². The molecule has 1 amide bonds. The van der Waals surface area contributed by atoms with Gasteiger partial charge in [-0.1, -0.05) is 19.9 Å². The highest BCUT2D eigenvalue weighted by atomic mass is 16.2. The fourth-order valence-electron chi connectivity index (χ4n) is 7.08. The maximum absolute atomic E-state index is 12.9. The smallest absolute Gasteiger partial charge is 0.223 e. The van der Waals surface area contributed by atoms with Crippen molar-refractivity contribution in [1.82, 2.24) is 34.8 Å². The summed E-state index contributed by atoms with van der Waals surface area (Å²) < 4.78 is 1.76. The minimum absolute atomic E-state index is 0.343. The summed E-state index contributed by atoms with van der Waals surface area (Å²) in [6, 6.07) is 9.88. The fourth-order valence-corrected chi connectivity index (χ4v) is 7.08. The second kappa shape index (κ2) is 9.19. The summed E-state index contributed by atoms with van der Waals surface area (Å²) in [6.07, 6.45) is 7.46. The molecule has 1 aliphatic carbocycles. The molecule has 1 aromatic carbocycles. The Bertz CT molecular complexity index is 1510. The number of aryl methyl sites for hydroxylation is 1. The van der Waals surface area contributed by atoms with Gasteiger partial charge < -0.3 is 9.88 Å². The fraction of sp³-hybridized carbons (Fsp3) is 0.533. The quantitative estimate of drug-likeness (QED) is 0.398. The lowest BCUT2D eigenvalue weighted by Gasteiger charge is -2.33. The highest BCUT2D eigenvalue weighted by Gasteiger charge is 2.46. The number of carbonyl (C=O) groups is 1. The van der Waals surface area contributed by atoms with Gasteiger partial charge in [0.2, 0.25) is 5.91 Å². The van der Waals surface area contributed by atoms with Crippen molar-refractivity contribution in [1.29, 1.82) is 0 Å². The Balaban J connectivity index is 1.09. The van der Waals surface area contributed by atoms with Crippen molar-refractivity contribution in [2.45, 2.75) is 70.8 Å². The first-order chi connectivity index (χ1) is 18.5. The van der Waals surface area contributed by atoms with Crippen molar-refractivity contribution in [2.75, 3.05) is 26.2 Å². The van der Waals surface area contributed by atoms with Crippen LogP contribution in [0.3, 0.4) is 0 Å². The summed E-state index contributed by atoms with van der Waals surface area (Å²) in [5.74, 6) is 2.13. The van der Waals surface area contributed by atoms with E-state index in [-0.39, 0.29) is 0 Å². The lowest BCUT2D eigenvalue weighted by Crippen LogP contribution is -2.39. The van der Waals surface area contributed by atoms with E-state index in [0.29, 0.717) is 24.2 Å². The van der Waals surface area contributed by atoms with E-state index in [9.17, 15) is 4.79 Å². The second-order valence-corrected chi connectivity index (χ2v) is 12.0. The van der Waals surface area contributed by atoms with Gasteiger partial charge in [-0.05, 0) is 102 Å². The number of aromatic nitrogens is 5. The van der Waals surface area contributed by atoms with Crippen LogP contribution in [0.25, 0.3) is 27.8 Å². The Morgan fingerprint density at radius 2 is 1.97 bits per heavy atom. The van der Waals surface area contributed by atoms with Crippen LogP contribution in [0.1, 0.15) is 74.5 Å². The van der Waals surface area contributed by atoms with Crippen molar-refractivity contribution in [2.24, 2.45) is 5.92 Å². The van der Waals surface area contributed by atoms with Gasteiger partial charge in [0.15, 0.2) is 5.65 Å². The Labute approximate surface area is 223 Å². The predicted octanol–water partition coefficient (Wildman–Crippen LogP) is 4.89. The maximum atomic E-state index is 12.9. The molecule has 3 aromatic heterocycles. The number of hydrogen-bond acceptors (Lipinski definition) is 5. The van der Waals surface area contributed by atoms with Gasteiger partial charge in [-0.3, -0.25) is 9.69 Å². The number of nitrogens with zero attached hydrogens (tertiary/aromatic N) is 6. The number of fused-ring (bicyclic) bond motifs is 3. The highest BCUT2D eigenvalue weighted by molar-refractivity contribution is 5.92. The Kier molecular flexibility index (Phi) is 5.76. The van der Waals surface area contributed by atoms with Crippen LogP contribution in [0.5, 0.6) is 0 Å². The summed E-state index contributed by atoms with van der Waals surface area (Å²) in [4.78, 5) is 21.3. The number of H-pyrrole nitrogens is 1. The minimum Gasteiger partial charge on any atom is -0.354 e. The zero-order valence-electron chi connectivity index (χ0n) is 22.7. The van der Waals surface area contributed by atoms with E-state index in [0.717, 1.165) is 72.4 Å². The molecule has 0 spiro atoms. The molecule has 8 nitrogen and oxygen atoms in total. The van der Waals surface area contributed by atoms with Crippen LogP contribution >= 0.6 is 0 Å². The number of pyridine rings is 1. The van der Waals surface area contributed by atoms with Gasteiger partial charge in [0.05, 0.1) is 5.69 Å². The largest absolute Gasteiger partial charge is 0.354 e. The molecule has 0 radical (unpaired) electrons. The van der Waals surface area contributed by atoms with Crippen LogP contribution in [0.15, 0.2) is 30.5 Å². The van der Waals surface area contributed by atoms with Gasteiger partial charge in [0, 0.05) is 54.8 Å². The van der Waals surface area contributed by atoms with E-state index >= 15 is 0 Å². The number of aromatic amines is 1. The van der Waals surface area contributed by atoms with E-state index in [2.05, 4.69) is 75.3 Å². The molecule has 8 heteroatoms. The number of benzene rings is 1. The van der Waals surface area contributed by atoms with E-state index in [4.69, 9.17) is 0 Å². The first-order valence-electron chi connectivity index (χ1n) is 14.3. The Morgan fingerprint density at radius 3 is 2.71 bits per heavy atom. The second-order valence-electron chi connectivity index (χ2n) is 12.0. The highest BCUT2D eigenvalue weighted by Crippen LogP contribution is 2.44. The first kappa shape index (κ1) is 23.8. The normalized spacial score (nSPS) is 22.2. The van der Waals surface area contributed by atoms with Crippen LogP contribution in [0.2, 0.25) is 0 Å². The zero-order valence-corrected chi connectivity index (χ0v) is 22.7. The molecular weight excluding hydrogens is 474 g/mol. The van der Waals surface area contributed by atoms with Gasteiger partial charge in [-0.15, -0.1) is 5.10 Å². The molecular formula is C30H37N7O. The number of tetrazole rings is 1.